The molecule has 1 aliphatic heterocycles. The van der Waals surface area contributed by atoms with Crippen LogP contribution in [0.2, 0.25) is 0 Å². The average Bonchev–Trinajstić information content (AvgIpc) is 2.43. The third-order valence-corrected chi connectivity index (χ3v) is 2.87. The predicted octanol–water partition coefficient (Wildman–Crippen LogP) is 2.68. The highest BCUT2D eigenvalue weighted by Crippen LogP contribution is 2.16. The molecule has 1 atom stereocenters. The Kier molecular flexibility index (Phi) is 4.99. The molecule has 1 heterocycles. The van der Waals surface area contributed by atoms with Crippen LogP contribution in [0.5, 0.6) is 0 Å². The van der Waals surface area contributed by atoms with Gasteiger partial charge in [-0.1, -0.05) is 19.8 Å². The molecule has 1 rings (SSSR count). The Hall–Kier alpha value is -0.670. The maximum atomic E-state index is 12.1. The number of carbonyl (C=O) groups is 1. The molecule has 0 radical (unpaired) electrons. The van der Waals surface area contributed by atoms with Crippen molar-refractivity contribution in [3.8, 4) is 0 Å². The fourth-order valence-corrected chi connectivity index (χ4v) is 1.97. The number of carbonyl (C=O) groups excluding carboxylic acids is 1. The third kappa shape index (κ3) is 4.14. The molecule has 0 aliphatic carbocycles. The van der Waals surface area contributed by atoms with Crippen LogP contribution < -0.4 is 0 Å². The van der Waals surface area contributed by atoms with Crippen LogP contribution >= 0.6 is 0 Å². The summed E-state index contributed by atoms with van der Waals surface area (Å²) in [6, 6.07) is 0. The zero-order valence-corrected chi connectivity index (χ0v) is 9.22. The van der Waals surface area contributed by atoms with E-state index in [1.807, 2.05) is 0 Å². The number of halogens is 2. The van der Waals surface area contributed by atoms with Gasteiger partial charge in [-0.15, -0.1) is 0 Å². The summed E-state index contributed by atoms with van der Waals surface area (Å²) in [4.78, 5) is 13.5. The standard InChI is InChI=1S/C11H19F2NO/c1-9(8-10(12)13)11(15)14-6-4-2-3-5-7-14/h9-10H,2-8H2,1H3/t9-/m0/s1. The van der Waals surface area contributed by atoms with Crippen LogP contribution in [0, 0.1) is 5.92 Å². The summed E-state index contributed by atoms with van der Waals surface area (Å²) in [5.74, 6) is -0.639. The van der Waals surface area contributed by atoms with Crippen molar-refractivity contribution in [3.63, 3.8) is 0 Å². The first-order chi connectivity index (χ1) is 7.11. The Morgan fingerprint density at radius 1 is 1.20 bits per heavy atom. The topological polar surface area (TPSA) is 20.3 Å². The van der Waals surface area contributed by atoms with Gasteiger partial charge in [-0.25, -0.2) is 8.78 Å². The summed E-state index contributed by atoms with van der Waals surface area (Å²) in [5, 5.41) is 0. The van der Waals surface area contributed by atoms with Crippen molar-refractivity contribution >= 4 is 5.91 Å². The van der Waals surface area contributed by atoms with Crippen LogP contribution in [0.25, 0.3) is 0 Å². The molecule has 0 aromatic rings. The molecule has 0 spiro atoms. The minimum absolute atomic E-state index is 0.0998. The SMILES string of the molecule is C[C@@H](CC(F)F)C(=O)N1CCCCCC1. The first-order valence-electron chi connectivity index (χ1n) is 5.68. The van der Waals surface area contributed by atoms with Crippen molar-refractivity contribution in [1.29, 1.82) is 0 Å². The van der Waals surface area contributed by atoms with Gasteiger partial charge in [0.2, 0.25) is 12.3 Å². The third-order valence-electron chi connectivity index (χ3n) is 2.87. The number of hydrogen-bond acceptors (Lipinski definition) is 1. The number of hydrogen-bond donors (Lipinski definition) is 0. The van der Waals surface area contributed by atoms with Crippen LogP contribution in [0.1, 0.15) is 39.0 Å². The molecule has 0 bridgehead atoms. The van der Waals surface area contributed by atoms with Gasteiger partial charge in [0.15, 0.2) is 0 Å². The molecule has 15 heavy (non-hydrogen) atoms. The van der Waals surface area contributed by atoms with Crippen molar-refractivity contribution < 1.29 is 13.6 Å². The van der Waals surface area contributed by atoms with E-state index in [2.05, 4.69) is 0 Å². The quantitative estimate of drug-likeness (QED) is 0.714. The molecule has 0 unspecified atom stereocenters. The fourth-order valence-electron chi connectivity index (χ4n) is 1.97. The molecule has 2 nitrogen and oxygen atoms in total. The molecule has 1 aliphatic rings. The molecule has 4 heteroatoms. The maximum Gasteiger partial charge on any atom is 0.239 e. The van der Waals surface area contributed by atoms with E-state index < -0.39 is 12.3 Å². The van der Waals surface area contributed by atoms with Crippen LogP contribution in [0.3, 0.4) is 0 Å². The van der Waals surface area contributed by atoms with Crippen LogP contribution in [0.4, 0.5) is 8.78 Å². The predicted molar refractivity (Wildman–Crippen MR) is 54.8 cm³/mol. The monoisotopic (exact) mass is 219 g/mol. The summed E-state index contributed by atoms with van der Waals surface area (Å²) in [6.07, 6.45) is 1.62. The number of likely N-dealkylation sites (tertiary alicyclic amines) is 1. The van der Waals surface area contributed by atoms with E-state index >= 15 is 0 Å². The van der Waals surface area contributed by atoms with Gasteiger partial charge in [0.05, 0.1) is 0 Å². The zero-order chi connectivity index (χ0) is 11.3. The summed E-state index contributed by atoms with van der Waals surface area (Å²) in [5.41, 5.74) is 0. The van der Waals surface area contributed by atoms with E-state index in [1.54, 1.807) is 11.8 Å². The second-order valence-electron chi connectivity index (χ2n) is 4.27. The lowest BCUT2D eigenvalue weighted by Crippen LogP contribution is -2.36. The van der Waals surface area contributed by atoms with Crippen molar-refractivity contribution in [2.75, 3.05) is 13.1 Å². The highest BCUT2D eigenvalue weighted by molar-refractivity contribution is 5.78. The number of nitrogens with zero attached hydrogens (tertiary/aromatic N) is 1. The normalized spacial score (nSPS) is 20.1. The highest BCUT2D eigenvalue weighted by Gasteiger charge is 2.23. The minimum Gasteiger partial charge on any atom is -0.342 e. The van der Waals surface area contributed by atoms with E-state index in [4.69, 9.17) is 0 Å². The molecule has 1 fully saturated rings. The smallest absolute Gasteiger partial charge is 0.239 e. The molecule has 88 valence electrons. The van der Waals surface area contributed by atoms with Crippen molar-refractivity contribution in [2.45, 2.75) is 45.5 Å². The van der Waals surface area contributed by atoms with Crippen molar-refractivity contribution in [2.24, 2.45) is 5.92 Å². The molecular weight excluding hydrogens is 200 g/mol. The lowest BCUT2D eigenvalue weighted by Gasteiger charge is -2.23. The Bertz CT molecular complexity index is 201. The summed E-state index contributed by atoms with van der Waals surface area (Å²) < 4.78 is 24.2. The van der Waals surface area contributed by atoms with Gasteiger partial charge in [-0.3, -0.25) is 4.79 Å². The molecular formula is C11H19F2NO. The van der Waals surface area contributed by atoms with E-state index in [9.17, 15) is 13.6 Å². The molecule has 0 aromatic heterocycles. The van der Waals surface area contributed by atoms with Gasteiger partial charge in [0.25, 0.3) is 0 Å². The van der Waals surface area contributed by atoms with E-state index in [0.717, 1.165) is 38.8 Å². The van der Waals surface area contributed by atoms with E-state index in [1.165, 1.54) is 0 Å². The molecule has 0 aromatic carbocycles. The molecule has 0 saturated carbocycles. The van der Waals surface area contributed by atoms with Gasteiger partial charge < -0.3 is 4.90 Å². The Morgan fingerprint density at radius 2 is 1.73 bits per heavy atom. The lowest BCUT2D eigenvalue weighted by molar-refractivity contribution is -0.136. The minimum atomic E-state index is -2.38. The van der Waals surface area contributed by atoms with Gasteiger partial charge in [-0.05, 0) is 12.8 Å². The number of rotatable bonds is 3. The molecule has 1 saturated heterocycles. The van der Waals surface area contributed by atoms with Crippen LogP contribution in [-0.2, 0) is 4.79 Å². The number of amides is 1. The highest BCUT2D eigenvalue weighted by atomic mass is 19.3. The summed E-state index contributed by atoms with van der Waals surface area (Å²) >= 11 is 0. The molecule has 1 amide bonds. The van der Waals surface area contributed by atoms with Gasteiger partial charge in [0.1, 0.15) is 0 Å². The Balaban J connectivity index is 2.42. The molecule has 0 N–H and O–H groups in total. The second kappa shape index (κ2) is 6.03. The number of alkyl halides is 2. The zero-order valence-electron chi connectivity index (χ0n) is 9.22. The summed E-state index contributed by atoms with van der Waals surface area (Å²) in [6.45, 7) is 3.08. The van der Waals surface area contributed by atoms with E-state index in [0.29, 0.717) is 0 Å². The lowest BCUT2D eigenvalue weighted by atomic mass is 10.1. The van der Waals surface area contributed by atoms with Crippen molar-refractivity contribution in [1.82, 2.24) is 4.90 Å². The fraction of sp³-hybridized carbons (Fsp3) is 0.909. The van der Waals surface area contributed by atoms with Gasteiger partial charge in [0, 0.05) is 25.4 Å². The van der Waals surface area contributed by atoms with E-state index in [-0.39, 0.29) is 12.3 Å². The summed E-state index contributed by atoms with van der Waals surface area (Å²) in [7, 11) is 0. The maximum absolute atomic E-state index is 12.1. The Morgan fingerprint density at radius 3 is 2.20 bits per heavy atom. The second-order valence-corrected chi connectivity index (χ2v) is 4.27. The average molecular weight is 219 g/mol. The van der Waals surface area contributed by atoms with Gasteiger partial charge in [-0.2, -0.15) is 0 Å². The van der Waals surface area contributed by atoms with Crippen LogP contribution in [-0.4, -0.2) is 30.3 Å². The van der Waals surface area contributed by atoms with Gasteiger partial charge >= 0.3 is 0 Å². The van der Waals surface area contributed by atoms with Crippen LogP contribution in [0.15, 0.2) is 0 Å². The first kappa shape index (κ1) is 12.4. The largest absolute Gasteiger partial charge is 0.342 e. The van der Waals surface area contributed by atoms with Crippen molar-refractivity contribution in [3.05, 3.63) is 0 Å². The Labute approximate surface area is 89.6 Å². The first-order valence-corrected chi connectivity index (χ1v) is 5.68.